The molecular formula is C58H36N2S. The van der Waals surface area contributed by atoms with Gasteiger partial charge in [0.1, 0.15) is 0 Å². The van der Waals surface area contributed by atoms with E-state index in [0.717, 1.165) is 44.8 Å². The van der Waals surface area contributed by atoms with Gasteiger partial charge in [-0.2, -0.15) is 0 Å². The van der Waals surface area contributed by atoms with Gasteiger partial charge in [0.2, 0.25) is 0 Å². The average molecular weight is 793 g/mol. The Morgan fingerprint density at radius 2 is 0.885 bits per heavy atom. The normalized spacial score (nSPS) is 11.6. The molecule has 12 rings (SSSR count). The van der Waals surface area contributed by atoms with Crippen molar-refractivity contribution >= 4 is 63.8 Å². The zero-order valence-corrected chi connectivity index (χ0v) is 33.9. The minimum atomic E-state index is 0.700. The molecule has 0 aliphatic heterocycles. The lowest BCUT2D eigenvalue weighted by Gasteiger charge is -2.15. The number of fused-ring (bicyclic) bond motifs is 7. The van der Waals surface area contributed by atoms with E-state index >= 15 is 0 Å². The molecule has 3 heteroatoms. The minimum absolute atomic E-state index is 0.700. The second-order valence-electron chi connectivity index (χ2n) is 15.7. The van der Waals surface area contributed by atoms with E-state index in [0.29, 0.717) is 5.82 Å². The van der Waals surface area contributed by atoms with Crippen LogP contribution in [0.3, 0.4) is 0 Å². The molecule has 2 aromatic heterocycles. The van der Waals surface area contributed by atoms with E-state index in [-0.39, 0.29) is 0 Å². The van der Waals surface area contributed by atoms with Crippen LogP contribution in [0.4, 0.5) is 0 Å². The number of nitrogens with zero attached hydrogens (tertiary/aromatic N) is 2. The van der Waals surface area contributed by atoms with Crippen molar-refractivity contribution in [2.45, 2.75) is 0 Å². The van der Waals surface area contributed by atoms with Crippen molar-refractivity contribution in [2.75, 3.05) is 0 Å². The molecule has 61 heavy (non-hydrogen) atoms. The van der Waals surface area contributed by atoms with Gasteiger partial charge in [-0.25, -0.2) is 9.97 Å². The Balaban J connectivity index is 0.987. The van der Waals surface area contributed by atoms with Crippen LogP contribution >= 0.6 is 11.3 Å². The molecule has 0 spiro atoms. The van der Waals surface area contributed by atoms with Gasteiger partial charge in [-0.15, -0.1) is 11.3 Å². The highest BCUT2D eigenvalue weighted by molar-refractivity contribution is 7.25. The molecule has 0 fully saturated rings. The SMILES string of the molecule is c1ccc(-c2nc(-c3cccc(-c4cccc(-c5c6ccccc6cc6c5ccc5ccccc56)c4)c3)cc(-c3ccccc3-c3ccc4c(c3)sc3ccccc34)n2)cc1. The van der Waals surface area contributed by atoms with Crippen molar-refractivity contribution < 1.29 is 0 Å². The molecule has 2 heterocycles. The third-order valence-electron chi connectivity index (χ3n) is 12.1. The summed E-state index contributed by atoms with van der Waals surface area (Å²) in [6.07, 6.45) is 0. The third-order valence-corrected chi connectivity index (χ3v) is 13.2. The lowest BCUT2D eigenvalue weighted by atomic mass is 9.88. The number of thiophene rings is 1. The molecule has 0 saturated carbocycles. The lowest BCUT2D eigenvalue weighted by molar-refractivity contribution is 1.18. The first-order valence-corrected chi connectivity index (χ1v) is 21.5. The molecule has 10 aromatic carbocycles. The molecule has 0 saturated heterocycles. The van der Waals surface area contributed by atoms with E-state index in [1.165, 1.54) is 69.2 Å². The average Bonchev–Trinajstić information content (AvgIpc) is 3.71. The number of benzene rings is 10. The molecule has 0 amide bonds. The molecule has 0 aliphatic carbocycles. The second kappa shape index (κ2) is 14.5. The summed E-state index contributed by atoms with van der Waals surface area (Å²) in [7, 11) is 0. The first-order valence-electron chi connectivity index (χ1n) is 20.7. The Morgan fingerprint density at radius 3 is 1.74 bits per heavy atom. The fourth-order valence-electron chi connectivity index (χ4n) is 9.14. The number of rotatable bonds is 6. The van der Waals surface area contributed by atoms with Crippen LogP contribution in [0.25, 0.3) is 120 Å². The molecule has 284 valence electrons. The molecule has 12 aromatic rings. The van der Waals surface area contributed by atoms with E-state index < -0.39 is 0 Å². The molecule has 0 atom stereocenters. The van der Waals surface area contributed by atoms with Crippen molar-refractivity contribution in [3.05, 3.63) is 218 Å². The van der Waals surface area contributed by atoms with Crippen molar-refractivity contribution in [3.8, 4) is 67.3 Å². The van der Waals surface area contributed by atoms with Crippen LogP contribution in [0.5, 0.6) is 0 Å². The minimum Gasteiger partial charge on any atom is -0.228 e. The van der Waals surface area contributed by atoms with Gasteiger partial charge in [0.05, 0.1) is 11.4 Å². The summed E-state index contributed by atoms with van der Waals surface area (Å²) < 4.78 is 2.59. The first kappa shape index (κ1) is 35.2. The smallest absolute Gasteiger partial charge is 0.160 e. The summed E-state index contributed by atoms with van der Waals surface area (Å²) in [5.41, 5.74) is 11.9. The van der Waals surface area contributed by atoms with Gasteiger partial charge in [-0.3, -0.25) is 0 Å². The predicted octanol–water partition coefficient (Wildman–Crippen LogP) is 16.3. The summed E-state index contributed by atoms with van der Waals surface area (Å²) in [6.45, 7) is 0. The molecule has 0 bridgehead atoms. The largest absolute Gasteiger partial charge is 0.228 e. The first-order chi connectivity index (χ1) is 30.2. The molecule has 0 unspecified atom stereocenters. The van der Waals surface area contributed by atoms with Gasteiger partial charge in [-0.1, -0.05) is 182 Å². The van der Waals surface area contributed by atoms with Crippen LogP contribution in [0.1, 0.15) is 0 Å². The number of hydrogen-bond acceptors (Lipinski definition) is 3. The van der Waals surface area contributed by atoms with Crippen LogP contribution < -0.4 is 0 Å². The summed E-state index contributed by atoms with van der Waals surface area (Å²) in [6, 6.07) is 78.8. The highest BCUT2D eigenvalue weighted by Crippen LogP contribution is 2.42. The Morgan fingerprint density at radius 1 is 0.279 bits per heavy atom. The van der Waals surface area contributed by atoms with E-state index in [4.69, 9.17) is 9.97 Å². The monoisotopic (exact) mass is 792 g/mol. The zero-order chi connectivity index (χ0) is 40.3. The highest BCUT2D eigenvalue weighted by Gasteiger charge is 2.17. The zero-order valence-electron chi connectivity index (χ0n) is 33.1. The number of aromatic nitrogens is 2. The molecule has 2 nitrogen and oxygen atoms in total. The topological polar surface area (TPSA) is 25.8 Å². The van der Waals surface area contributed by atoms with Crippen LogP contribution in [-0.2, 0) is 0 Å². The Bertz CT molecular complexity index is 3660. The fraction of sp³-hybridized carbons (Fsp3) is 0. The maximum atomic E-state index is 5.27. The molecule has 0 aliphatic rings. The fourth-order valence-corrected chi connectivity index (χ4v) is 10.3. The number of hydrogen-bond donors (Lipinski definition) is 0. The summed E-state index contributed by atoms with van der Waals surface area (Å²) >= 11 is 1.85. The third kappa shape index (κ3) is 6.18. The van der Waals surface area contributed by atoms with Crippen LogP contribution in [0, 0.1) is 0 Å². The van der Waals surface area contributed by atoms with Crippen LogP contribution in [-0.4, -0.2) is 9.97 Å². The van der Waals surface area contributed by atoms with Crippen molar-refractivity contribution in [2.24, 2.45) is 0 Å². The predicted molar refractivity (Wildman–Crippen MR) is 260 cm³/mol. The van der Waals surface area contributed by atoms with Crippen molar-refractivity contribution in [1.29, 1.82) is 0 Å². The van der Waals surface area contributed by atoms with Gasteiger partial charge in [0.15, 0.2) is 5.82 Å². The quantitative estimate of drug-likeness (QED) is 0.124. The maximum absolute atomic E-state index is 5.27. The van der Waals surface area contributed by atoms with E-state index in [9.17, 15) is 0 Å². The van der Waals surface area contributed by atoms with Gasteiger partial charge < -0.3 is 0 Å². The Kier molecular flexibility index (Phi) is 8.39. The van der Waals surface area contributed by atoms with Gasteiger partial charge in [0.25, 0.3) is 0 Å². The molecule has 0 N–H and O–H groups in total. The molecular weight excluding hydrogens is 757 g/mol. The Hall–Kier alpha value is -7.72. The van der Waals surface area contributed by atoms with Gasteiger partial charge >= 0.3 is 0 Å². The Labute approximate surface area is 357 Å². The van der Waals surface area contributed by atoms with Crippen molar-refractivity contribution in [3.63, 3.8) is 0 Å². The summed E-state index contributed by atoms with van der Waals surface area (Å²) in [5.74, 6) is 0.700. The summed E-state index contributed by atoms with van der Waals surface area (Å²) in [4.78, 5) is 10.5. The second-order valence-corrected chi connectivity index (χ2v) is 16.8. The van der Waals surface area contributed by atoms with E-state index in [1.54, 1.807) is 0 Å². The van der Waals surface area contributed by atoms with Crippen LogP contribution in [0.15, 0.2) is 218 Å². The molecule has 0 radical (unpaired) electrons. The van der Waals surface area contributed by atoms with Crippen molar-refractivity contribution in [1.82, 2.24) is 9.97 Å². The highest BCUT2D eigenvalue weighted by atomic mass is 32.1. The standard InChI is InChI=1S/C58H36N2S/c1-2-15-38(16-3-1)58-59-53(36-54(60-58)48-25-9-8-23-46(48)42-29-30-50-49-26-10-11-27-55(49)61-56(50)35-42)43-20-12-18-39(32-43)40-19-13-21-44(33-40)57-47-24-7-5-17-41(47)34-52-45-22-6-4-14-37(45)28-31-51(52)57/h1-36H. The maximum Gasteiger partial charge on any atom is 0.160 e. The van der Waals surface area contributed by atoms with E-state index in [2.05, 4.69) is 212 Å². The summed E-state index contributed by atoms with van der Waals surface area (Å²) in [5, 5.41) is 10.1. The van der Waals surface area contributed by atoms with Gasteiger partial charge in [-0.05, 0) is 102 Å². The van der Waals surface area contributed by atoms with Crippen LogP contribution in [0.2, 0.25) is 0 Å². The van der Waals surface area contributed by atoms with Gasteiger partial charge in [0, 0.05) is 36.9 Å². The van der Waals surface area contributed by atoms with E-state index in [1.807, 2.05) is 17.4 Å². The lowest BCUT2D eigenvalue weighted by Crippen LogP contribution is -1.97.